The third kappa shape index (κ3) is 4.17. The van der Waals surface area contributed by atoms with Crippen molar-refractivity contribution in [1.29, 1.82) is 5.26 Å². The van der Waals surface area contributed by atoms with Gasteiger partial charge in [0.1, 0.15) is 17.2 Å². The molecule has 8 nitrogen and oxygen atoms in total. The average molecular weight is 445 g/mol. The van der Waals surface area contributed by atoms with Crippen LogP contribution in [0.4, 0.5) is 5.69 Å². The molecule has 2 aromatic carbocycles. The van der Waals surface area contributed by atoms with Gasteiger partial charge in [-0.1, -0.05) is 11.6 Å². The Hall–Kier alpha value is -2.90. The highest BCUT2D eigenvalue weighted by atomic mass is 35.5. The highest BCUT2D eigenvalue weighted by Gasteiger charge is 2.26. The minimum Gasteiger partial charge on any atom is -0.435 e. The number of fused-ring (bicyclic) bond motifs is 1. The zero-order chi connectivity index (χ0) is 21.1. The van der Waals surface area contributed by atoms with Gasteiger partial charge in [-0.2, -0.15) is 9.57 Å². The molecule has 0 atom stereocenters. The van der Waals surface area contributed by atoms with Crippen molar-refractivity contribution in [2.75, 3.05) is 31.6 Å². The predicted octanol–water partition coefficient (Wildman–Crippen LogP) is 3.48. The van der Waals surface area contributed by atoms with Crippen LogP contribution in [0.25, 0.3) is 16.7 Å². The summed E-state index contributed by atoms with van der Waals surface area (Å²) in [6.45, 7) is 1.46. The summed E-state index contributed by atoms with van der Waals surface area (Å²) in [7, 11) is -3.55. The molecule has 0 bridgehead atoms. The van der Waals surface area contributed by atoms with Gasteiger partial charge in [0.25, 0.3) is 0 Å². The second-order valence-corrected chi connectivity index (χ2v) is 8.86. The normalized spacial score (nSPS) is 15.8. The molecule has 0 spiro atoms. The quantitative estimate of drug-likeness (QED) is 0.600. The highest BCUT2D eigenvalue weighted by molar-refractivity contribution is 7.89. The number of anilines is 1. The van der Waals surface area contributed by atoms with Crippen LogP contribution in [0.1, 0.15) is 5.89 Å². The van der Waals surface area contributed by atoms with Crippen molar-refractivity contribution in [2.24, 2.45) is 0 Å². The molecule has 1 aliphatic heterocycles. The molecular formula is C20H17ClN4O4S. The summed E-state index contributed by atoms with van der Waals surface area (Å²) >= 11 is 5.95. The Morgan fingerprint density at radius 2 is 1.93 bits per heavy atom. The lowest BCUT2D eigenvalue weighted by molar-refractivity contribution is 0.0730. The number of hydrogen-bond donors (Lipinski definition) is 1. The van der Waals surface area contributed by atoms with Gasteiger partial charge >= 0.3 is 0 Å². The fourth-order valence-corrected chi connectivity index (χ4v) is 4.55. The van der Waals surface area contributed by atoms with E-state index in [0.717, 1.165) is 0 Å². The minimum atomic E-state index is -3.55. The van der Waals surface area contributed by atoms with Gasteiger partial charge in [0, 0.05) is 30.0 Å². The monoisotopic (exact) mass is 444 g/mol. The van der Waals surface area contributed by atoms with Gasteiger partial charge in [-0.15, -0.1) is 0 Å². The maximum Gasteiger partial charge on any atom is 0.243 e. The number of nitrogens with one attached hydrogen (secondary N) is 1. The van der Waals surface area contributed by atoms with Gasteiger partial charge in [0.15, 0.2) is 5.58 Å². The summed E-state index contributed by atoms with van der Waals surface area (Å²) in [6.07, 6.45) is 1.46. The van der Waals surface area contributed by atoms with Crippen molar-refractivity contribution >= 4 is 44.0 Å². The molecule has 1 fully saturated rings. The third-order valence-electron chi connectivity index (χ3n) is 4.55. The number of oxazole rings is 1. The molecule has 0 amide bonds. The fourth-order valence-electron chi connectivity index (χ4n) is 2.97. The molecule has 0 radical (unpaired) electrons. The number of rotatable bonds is 5. The van der Waals surface area contributed by atoms with Gasteiger partial charge in [-0.05, 0) is 42.5 Å². The SMILES string of the molecule is N#CC(=CNc1ccc(S(=O)(=O)N2CCOCC2)cc1)c1nc2cc(Cl)ccc2o1. The maximum absolute atomic E-state index is 12.7. The van der Waals surface area contributed by atoms with Crippen LogP contribution >= 0.6 is 11.6 Å². The predicted molar refractivity (Wildman–Crippen MR) is 112 cm³/mol. The first-order chi connectivity index (χ1) is 14.5. The zero-order valence-electron chi connectivity index (χ0n) is 15.7. The summed E-state index contributed by atoms with van der Waals surface area (Å²) < 4.78 is 37.6. The van der Waals surface area contributed by atoms with E-state index in [4.69, 9.17) is 20.8 Å². The number of allylic oxidation sites excluding steroid dienone is 1. The molecule has 1 aliphatic rings. The molecule has 3 aromatic rings. The number of aromatic nitrogens is 1. The van der Waals surface area contributed by atoms with Crippen LogP contribution in [0.5, 0.6) is 0 Å². The van der Waals surface area contributed by atoms with Crippen molar-refractivity contribution < 1.29 is 17.6 Å². The Morgan fingerprint density at radius 1 is 1.20 bits per heavy atom. The van der Waals surface area contributed by atoms with E-state index in [-0.39, 0.29) is 16.4 Å². The Kier molecular flexibility index (Phi) is 5.74. The molecular weight excluding hydrogens is 428 g/mol. The van der Waals surface area contributed by atoms with Crippen molar-refractivity contribution in [3.63, 3.8) is 0 Å². The van der Waals surface area contributed by atoms with E-state index < -0.39 is 10.0 Å². The molecule has 154 valence electrons. The van der Waals surface area contributed by atoms with Gasteiger partial charge in [-0.25, -0.2) is 13.4 Å². The number of benzene rings is 2. The lowest BCUT2D eigenvalue weighted by atomic mass is 10.3. The van der Waals surface area contributed by atoms with Gasteiger partial charge in [-0.3, -0.25) is 0 Å². The molecule has 10 heteroatoms. The van der Waals surface area contributed by atoms with Crippen LogP contribution in [0.3, 0.4) is 0 Å². The van der Waals surface area contributed by atoms with Crippen molar-refractivity contribution in [3.8, 4) is 6.07 Å². The van der Waals surface area contributed by atoms with Crippen LogP contribution in [0.2, 0.25) is 5.02 Å². The molecule has 2 heterocycles. The van der Waals surface area contributed by atoms with Gasteiger partial charge in [0.05, 0.1) is 18.1 Å². The summed E-state index contributed by atoms with van der Waals surface area (Å²) in [5.74, 6) is 0.161. The molecule has 4 rings (SSSR count). The summed E-state index contributed by atoms with van der Waals surface area (Å²) in [5, 5.41) is 12.9. The topological polar surface area (TPSA) is 108 Å². The lowest BCUT2D eigenvalue weighted by Gasteiger charge is -2.26. The smallest absolute Gasteiger partial charge is 0.243 e. The van der Waals surface area contributed by atoms with E-state index in [0.29, 0.717) is 48.1 Å². The van der Waals surface area contributed by atoms with E-state index in [1.54, 1.807) is 30.3 Å². The third-order valence-corrected chi connectivity index (χ3v) is 6.69. The van der Waals surface area contributed by atoms with Gasteiger partial charge < -0.3 is 14.5 Å². The van der Waals surface area contributed by atoms with E-state index in [2.05, 4.69) is 10.3 Å². The van der Waals surface area contributed by atoms with Crippen LogP contribution < -0.4 is 5.32 Å². The average Bonchev–Trinajstić information content (AvgIpc) is 3.18. The minimum absolute atomic E-state index is 0.161. The number of nitriles is 1. The highest BCUT2D eigenvalue weighted by Crippen LogP contribution is 2.24. The van der Waals surface area contributed by atoms with E-state index >= 15 is 0 Å². The number of hydrogen-bond acceptors (Lipinski definition) is 7. The number of halogens is 1. The standard InChI is InChI=1S/C20H17ClN4O4S/c21-15-1-6-19-18(11-15)24-20(29-19)14(12-22)13-23-16-2-4-17(5-3-16)30(26,27)25-7-9-28-10-8-25/h1-6,11,13,23H,7-10H2. The van der Waals surface area contributed by atoms with Crippen molar-refractivity contribution in [1.82, 2.24) is 9.29 Å². The first-order valence-corrected chi connectivity index (χ1v) is 10.9. The molecule has 1 saturated heterocycles. The fraction of sp³-hybridized carbons (Fsp3) is 0.200. The Bertz CT molecular complexity index is 1240. The molecule has 30 heavy (non-hydrogen) atoms. The number of ether oxygens (including phenoxy) is 1. The first-order valence-electron chi connectivity index (χ1n) is 9.08. The number of morpholine rings is 1. The maximum atomic E-state index is 12.7. The van der Waals surface area contributed by atoms with Crippen molar-refractivity contribution in [2.45, 2.75) is 4.90 Å². The first kappa shape index (κ1) is 20.4. The van der Waals surface area contributed by atoms with E-state index in [1.165, 1.54) is 22.6 Å². The number of nitrogens with zero attached hydrogens (tertiary/aromatic N) is 3. The van der Waals surface area contributed by atoms with Crippen LogP contribution in [0, 0.1) is 11.3 Å². The molecule has 0 aliphatic carbocycles. The molecule has 1 aromatic heterocycles. The lowest BCUT2D eigenvalue weighted by Crippen LogP contribution is -2.40. The Balaban J connectivity index is 1.51. The summed E-state index contributed by atoms with van der Waals surface area (Å²) in [5.41, 5.74) is 1.87. The zero-order valence-corrected chi connectivity index (χ0v) is 17.3. The second-order valence-electron chi connectivity index (χ2n) is 6.49. The molecule has 0 saturated carbocycles. The second kappa shape index (κ2) is 8.45. The van der Waals surface area contributed by atoms with Crippen LogP contribution in [-0.4, -0.2) is 44.0 Å². The van der Waals surface area contributed by atoms with Gasteiger partial charge in [0.2, 0.25) is 15.9 Å². The molecule has 0 unspecified atom stereocenters. The summed E-state index contributed by atoms with van der Waals surface area (Å²) in [4.78, 5) is 4.48. The Labute approximate surface area is 178 Å². The Morgan fingerprint density at radius 3 is 2.63 bits per heavy atom. The molecule has 1 N–H and O–H groups in total. The van der Waals surface area contributed by atoms with Crippen LogP contribution in [-0.2, 0) is 14.8 Å². The van der Waals surface area contributed by atoms with E-state index in [1.807, 2.05) is 6.07 Å². The summed E-state index contributed by atoms with van der Waals surface area (Å²) in [6, 6.07) is 13.4. The van der Waals surface area contributed by atoms with Crippen LogP contribution in [0.15, 0.2) is 58.0 Å². The largest absolute Gasteiger partial charge is 0.435 e. The number of sulfonamides is 1. The van der Waals surface area contributed by atoms with E-state index in [9.17, 15) is 13.7 Å². The van der Waals surface area contributed by atoms with Crippen molar-refractivity contribution in [3.05, 3.63) is 59.6 Å².